The van der Waals surface area contributed by atoms with Crippen molar-refractivity contribution in [1.29, 1.82) is 0 Å². The van der Waals surface area contributed by atoms with E-state index in [0.29, 0.717) is 6.42 Å². The number of rotatable bonds is 0. The SMILES string of the molecule is O=C1CCC/C1=C/C#Cc1ccccc1. The molecule has 0 N–H and O–H groups in total. The van der Waals surface area contributed by atoms with Gasteiger partial charge in [0.25, 0.3) is 0 Å². The van der Waals surface area contributed by atoms with E-state index in [-0.39, 0.29) is 5.78 Å². The van der Waals surface area contributed by atoms with E-state index in [4.69, 9.17) is 0 Å². The third-order valence-corrected chi connectivity index (χ3v) is 2.44. The van der Waals surface area contributed by atoms with Crippen molar-refractivity contribution in [2.24, 2.45) is 0 Å². The number of benzene rings is 1. The first-order chi connectivity index (χ1) is 7.36. The lowest BCUT2D eigenvalue weighted by molar-refractivity contribution is -0.114. The average molecular weight is 196 g/mol. The second kappa shape index (κ2) is 4.61. The number of hydrogen-bond donors (Lipinski definition) is 0. The Labute approximate surface area is 89.8 Å². The largest absolute Gasteiger partial charge is 0.295 e. The topological polar surface area (TPSA) is 17.1 Å². The standard InChI is InChI=1S/C14H12O/c15-14-11-5-10-13(14)9-4-8-12-6-2-1-3-7-12/h1-3,6-7,9H,5,10-11H2/b13-9-. The van der Waals surface area contributed by atoms with Crippen LogP contribution < -0.4 is 0 Å². The molecule has 0 amide bonds. The molecule has 1 aromatic carbocycles. The molecule has 0 unspecified atom stereocenters. The molecule has 1 saturated carbocycles. The van der Waals surface area contributed by atoms with Crippen LogP contribution in [-0.2, 0) is 4.79 Å². The molecule has 1 aliphatic rings. The van der Waals surface area contributed by atoms with Gasteiger partial charge in [-0.1, -0.05) is 30.0 Å². The van der Waals surface area contributed by atoms with Gasteiger partial charge >= 0.3 is 0 Å². The minimum atomic E-state index is 0.261. The summed E-state index contributed by atoms with van der Waals surface area (Å²) in [5, 5.41) is 0. The predicted molar refractivity (Wildman–Crippen MR) is 60.3 cm³/mol. The molecule has 15 heavy (non-hydrogen) atoms. The first-order valence-corrected chi connectivity index (χ1v) is 5.15. The van der Waals surface area contributed by atoms with Gasteiger partial charge in [-0.15, -0.1) is 0 Å². The lowest BCUT2D eigenvalue weighted by atomic mass is 10.2. The Balaban J connectivity index is 2.10. The monoisotopic (exact) mass is 196 g/mol. The summed E-state index contributed by atoms with van der Waals surface area (Å²) in [5.74, 6) is 6.22. The van der Waals surface area contributed by atoms with Crippen molar-refractivity contribution in [3.8, 4) is 11.8 Å². The van der Waals surface area contributed by atoms with Gasteiger partial charge in [-0.05, 0) is 31.1 Å². The minimum absolute atomic E-state index is 0.261. The molecule has 0 spiro atoms. The smallest absolute Gasteiger partial charge is 0.159 e. The third-order valence-electron chi connectivity index (χ3n) is 2.44. The first-order valence-electron chi connectivity index (χ1n) is 5.15. The second-order valence-electron chi connectivity index (χ2n) is 3.58. The molecule has 74 valence electrons. The summed E-state index contributed by atoms with van der Waals surface area (Å²) < 4.78 is 0. The molecule has 2 rings (SSSR count). The fourth-order valence-electron chi connectivity index (χ4n) is 1.62. The molecule has 1 aromatic rings. The maximum absolute atomic E-state index is 11.3. The van der Waals surface area contributed by atoms with Crippen molar-refractivity contribution in [3.05, 3.63) is 47.5 Å². The summed E-state index contributed by atoms with van der Waals surface area (Å²) in [6.07, 6.45) is 4.33. The van der Waals surface area contributed by atoms with Crippen molar-refractivity contribution in [2.75, 3.05) is 0 Å². The zero-order valence-electron chi connectivity index (χ0n) is 8.49. The van der Waals surface area contributed by atoms with Gasteiger partial charge < -0.3 is 0 Å². The van der Waals surface area contributed by atoms with Crippen LogP contribution in [-0.4, -0.2) is 5.78 Å². The Kier molecular flexibility index (Phi) is 2.99. The lowest BCUT2D eigenvalue weighted by Gasteiger charge is -1.87. The summed E-state index contributed by atoms with van der Waals surface area (Å²) >= 11 is 0. The summed E-state index contributed by atoms with van der Waals surface area (Å²) in [7, 11) is 0. The molecular formula is C14H12O. The molecule has 1 aliphatic carbocycles. The number of allylic oxidation sites excluding steroid dienone is 2. The molecule has 1 heteroatoms. The average Bonchev–Trinajstić information content (AvgIpc) is 2.66. The Morgan fingerprint density at radius 1 is 1.13 bits per heavy atom. The summed E-state index contributed by atoms with van der Waals surface area (Å²) in [6.45, 7) is 0. The molecule has 0 atom stereocenters. The van der Waals surface area contributed by atoms with E-state index in [9.17, 15) is 4.79 Å². The summed E-state index contributed by atoms with van der Waals surface area (Å²) in [5.41, 5.74) is 1.87. The van der Waals surface area contributed by atoms with E-state index in [1.807, 2.05) is 30.3 Å². The van der Waals surface area contributed by atoms with E-state index >= 15 is 0 Å². The summed E-state index contributed by atoms with van der Waals surface area (Å²) in [6, 6.07) is 9.80. The zero-order valence-corrected chi connectivity index (χ0v) is 8.49. The van der Waals surface area contributed by atoms with E-state index < -0.39 is 0 Å². The number of Topliss-reactive ketones (excluding diaryl/α,β-unsaturated/α-hetero) is 1. The molecule has 0 heterocycles. The maximum atomic E-state index is 11.3. The molecule has 0 saturated heterocycles. The van der Waals surface area contributed by atoms with Crippen LogP contribution in [0.15, 0.2) is 42.0 Å². The van der Waals surface area contributed by atoms with E-state index in [0.717, 1.165) is 24.0 Å². The Hall–Kier alpha value is -1.81. The van der Waals surface area contributed by atoms with Crippen LogP contribution in [0.1, 0.15) is 24.8 Å². The van der Waals surface area contributed by atoms with Gasteiger partial charge in [0, 0.05) is 17.6 Å². The first kappa shape index (κ1) is 9.73. The molecule has 0 bridgehead atoms. The highest BCUT2D eigenvalue weighted by molar-refractivity contribution is 5.97. The molecular weight excluding hydrogens is 184 g/mol. The fraction of sp³-hybridized carbons (Fsp3) is 0.214. The molecule has 0 aromatic heterocycles. The highest BCUT2D eigenvalue weighted by Gasteiger charge is 2.15. The van der Waals surface area contributed by atoms with Crippen LogP contribution in [0.3, 0.4) is 0 Å². The maximum Gasteiger partial charge on any atom is 0.159 e. The Morgan fingerprint density at radius 2 is 1.93 bits per heavy atom. The quantitative estimate of drug-likeness (QED) is 0.460. The highest BCUT2D eigenvalue weighted by atomic mass is 16.1. The van der Waals surface area contributed by atoms with Crippen molar-refractivity contribution < 1.29 is 4.79 Å². The van der Waals surface area contributed by atoms with Crippen LogP contribution in [0.4, 0.5) is 0 Å². The molecule has 1 fully saturated rings. The van der Waals surface area contributed by atoms with Gasteiger partial charge in [-0.2, -0.15) is 0 Å². The van der Waals surface area contributed by atoms with Gasteiger partial charge in [-0.3, -0.25) is 4.79 Å². The highest BCUT2D eigenvalue weighted by Crippen LogP contribution is 2.19. The van der Waals surface area contributed by atoms with Crippen LogP contribution in [0, 0.1) is 11.8 Å². The number of ketones is 1. The van der Waals surface area contributed by atoms with Crippen molar-refractivity contribution >= 4 is 5.78 Å². The number of carbonyl (C=O) groups is 1. The number of carbonyl (C=O) groups excluding carboxylic acids is 1. The van der Waals surface area contributed by atoms with Crippen molar-refractivity contribution in [3.63, 3.8) is 0 Å². The molecule has 0 radical (unpaired) electrons. The van der Waals surface area contributed by atoms with Crippen LogP contribution >= 0.6 is 0 Å². The van der Waals surface area contributed by atoms with Crippen LogP contribution in [0.5, 0.6) is 0 Å². The normalized spacial score (nSPS) is 17.6. The van der Waals surface area contributed by atoms with E-state index in [2.05, 4.69) is 11.8 Å². The third kappa shape index (κ3) is 2.57. The van der Waals surface area contributed by atoms with Crippen LogP contribution in [0.25, 0.3) is 0 Å². The van der Waals surface area contributed by atoms with Gasteiger partial charge in [0.1, 0.15) is 0 Å². The van der Waals surface area contributed by atoms with E-state index in [1.165, 1.54) is 0 Å². The van der Waals surface area contributed by atoms with E-state index in [1.54, 1.807) is 6.08 Å². The van der Waals surface area contributed by atoms with Crippen molar-refractivity contribution in [2.45, 2.75) is 19.3 Å². The molecule has 0 aliphatic heterocycles. The summed E-state index contributed by atoms with van der Waals surface area (Å²) in [4.78, 5) is 11.3. The number of hydrogen-bond acceptors (Lipinski definition) is 1. The fourth-order valence-corrected chi connectivity index (χ4v) is 1.62. The van der Waals surface area contributed by atoms with Gasteiger partial charge in [-0.25, -0.2) is 0 Å². The van der Waals surface area contributed by atoms with Gasteiger partial charge in [0.2, 0.25) is 0 Å². The van der Waals surface area contributed by atoms with Gasteiger partial charge in [0.05, 0.1) is 0 Å². The zero-order chi connectivity index (χ0) is 10.5. The van der Waals surface area contributed by atoms with Gasteiger partial charge in [0.15, 0.2) is 5.78 Å². The Morgan fingerprint density at radius 3 is 2.60 bits per heavy atom. The lowest BCUT2D eigenvalue weighted by Crippen LogP contribution is -1.89. The second-order valence-corrected chi connectivity index (χ2v) is 3.58. The van der Waals surface area contributed by atoms with Crippen LogP contribution in [0.2, 0.25) is 0 Å². The molecule has 1 nitrogen and oxygen atoms in total. The Bertz CT molecular complexity index is 443. The predicted octanol–water partition coefficient (Wildman–Crippen LogP) is 2.72. The minimum Gasteiger partial charge on any atom is -0.295 e. The van der Waals surface area contributed by atoms with Crippen molar-refractivity contribution in [1.82, 2.24) is 0 Å².